The van der Waals surface area contributed by atoms with Gasteiger partial charge in [0.2, 0.25) is 0 Å². The van der Waals surface area contributed by atoms with Crippen LogP contribution in [-0.4, -0.2) is 218 Å². The Bertz CT molecular complexity index is 4650. The minimum atomic E-state index is -10.7. The molecule has 7 saturated heterocycles. The van der Waals surface area contributed by atoms with Gasteiger partial charge in [0.15, 0.2) is 0 Å². The van der Waals surface area contributed by atoms with E-state index in [4.69, 9.17) is 127 Å². The Morgan fingerprint density at radius 1 is 0.481 bits per heavy atom. The van der Waals surface area contributed by atoms with E-state index in [1.165, 1.54) is 65.5 Å². The first-order valence-electron chi connectivity index (χ1n) is 38.7. The van der Waals surface area contributed by atoms with Gasteiger partial charge >= 0.3 is 396 Å². The predicted octanol–water partition coefficient (Wildman–Crippen LogP) is 24.1. The summed E-state index contributed by atoms with van der Waals surface area (Å²) in [6.07, 6.45) is 9.68. The van der Waals surface area contributed by atoms with E-state index in [0.717, 1.165) is 107 Å². The van der Waals surface area contributed by atoms with Crippen molar-refractivity contribution in [2.24, 2.45) is 0 Å². The third-order valence-electron chi connectivity index (χ3n) is 19.1. The fourth-order valence-electron chi connectivity index (χ4n) is 14.0. The van der Waals surface area contributed by atoms with Crippen molar-refractivity contribution >= 4 is 244 Å². The third kappa shape index (κ3) is 31.4. The van der Waals surface area contributed by atoms with Crippen LogP contribution in [0.1, 0.15) is 51.4 Å². The maximum Gasteiger partial charge on any atom is 0.515 e. The quantitative estimate of drug-likeness (QED) is 0.0127. The van der Waals surface area contributed by atoms with Gasteiger partial charge in [-0.15, -0.1) is 28.0 Å². The standard InChI is InChI=1S/2C18H15Cl2P.C14H25N7O2P.C10H19N7O2P.C6H8ClN2O5P.C3Cl6O3.CH4B.2F6P/c2*19-21(20,16-10-4-1-5-11-16,17-12-6-2-7-13-17)18-14-8-3-9-15-18;22-21(23)14-15-13-20(16-14)24(17-7-1-2-8-17,18-9-3-4-10-18)19-11-5-6-12-19;1-13-7-8-14(2)20(13,15-5-3-4-6-15)16-9-11-10(12-16)17(18)19;7-15(12,8-1-3-13-5(8)10)9-2-4-14-6(9)11;4-2(5,6)11-1(10)12-3(7,8)9;1-2;2*1-7(2,3,4,5)6/h2*1-15H;13H,1-12H2;9H,3-8H2,1-2H3;1-4H2;;2H,1H3;;/q;;2*+1;;;;2*-1/i;;;;;;2T;;. The summed E-state index contributed by atoms with van der Waals surface area (Å²) in [4.78, 5) is 61.7. The van der Waals surface area contributed by atoms with Crippen LogP contribution in [-0.2, 0) is 23.5 Å². The fraction of sp³-hybridized carbons (Fsp3) is 0.386. The van der Waals surface area contributed by atoms with Crippen LogP contribution in [0.2, 0.25) is 6.82 Å². The monoisotopic (exact) mass is 2190 g/mol. The molecule has 129 heavy (non-hydrogen) atoms. The van der Waals surface area contributed by atoms with Crippen molar-refractivity contribution in [1.82, 2.24) is 66.4 Å². The number of alkyl halides is 6. The zero-order chi connectivity index (χ0) is 97.0. The molecule has 0 unspecified atom stereocenters. The number of likely N-dealkylation sites (N-methyl/N-ethyl adjacent to an activating group) is 2. The molecule has 0 saturated carbocycles. The Balaban J connectivity index is 0.000000208. The van der Waals surface area contributed by atoms with Gasteiger partial charge in [-0.3, -0.25) is 4.57 Å². The van der Waals surface area contributed by atoms with Crippen LogP contribution in [0, 0.1) is 20.2 Å². The Hall–Kier alpha value is -4.81. The van der Waals surface area contributed by atoms with Crippen LogP contribution in [0.5, 0.6) is 0 Å². The Labute approximate surface area is 791 Å². The number of carbonyl (C=O) groups excluding carboxylic acids is 3. The number of aromatic nitrogens is 6. The topological polar surface area (TPSA) is 279 Å². The average molecular weight is 2190 g/mol. The second-order valence-corrected chi connectivity index (χ2v) is 61.9. The molecule has 8 aromatic rings. The second kappa shape index (κ2) is 43.3. The van der Waals surface area contributed by atoms with Gasteiger partial charge in [-0.05, 0) is 153 Å². The number of cyclic esters (lactones) is 2. The molecule has 6 aromatic carbocycles. The van der Waals surface area contributed by atoms with Crippen molar-refractivity contribution in [3.63, 3.8) is 0 Å². The molecular weight excluding hydrogens is 2100 g/mol. The molecule has 0 spiro atoms. The number of nitro groups is 2. The Morgan fingerprint density at radius 3 is 0.953 bits per heavy atom. The molecule has 1 radical (unpaired) electrons. The van der Waals surface area contributed by atoms with Crippen molar-refractivity contribution < 1.29 is 98.1 Å². The third-order valence-corrected chi connectivity index (χ3v) is 45.1. The molecule has 7 aliphatic rings. The molecule has 7 fully saturated rings. The van der Waals surface area contributed by atoms with Crippen molar-refractivity contribution in [3.8, 4) is 0 Å². The minimum absolute atomic E-state index is 0.114. The normalized spacial score (nSPS) is 19.0. The van der Waals surface area contributed by atoms with Crippen LogP contribution in [0.3, 0.4) is 0 Å². The molecule has 0 atom stereocenters. The smallest absolute Gasteiger partial charge is 0.447 e. The molecule has 7 aliphatic heterocycles. The summed E-state index contributed by atoms with van der Waals surface area (Å²) in [5.41, 5.74) is 0. The van der Waals surface area contributed by atoms with Gasteiger partial charge in [-0.25, -0.2) is 23.7 Å². The predicted molar refractivity (Wildman–Crippen MR) is 498 cm³/mol. The number of benzene rings is 6. The van der Waals surface area contributed by atoms with E-state index >= 15 is 0 Å². The van der Waals surface area contributed by atoms with E-state index in [1.807, 2.05) is 186 Å². The molecule has 717 valence electrons. The summed E-state index contributed by atoms with van der Waals surface area (Å²) < 4.78 is 169. The number of nitrogens with zero attached hydrogens (tertiary/aromatic N) is 16. The first-order chi connectivity index (χ1) is 60.0. The molecule has 28 nitrogen and oxygen atoms in total. The zero-order valence-electron chi connectivity index (χ0n) is 69.0. The molecule has 2 amide bonds. The SMILES string of the molecule is CN1CCN(C)[P+]1(N1CCCC1)n1cnc([N+](=O)[O-])n1.ClP(Cl)(c1ccccc1)(c1ccccc1)c1ccccc1.ClP(Cl)(c1ccccc1)(c1ccccc1)c1ccccc1.F[P-](F)(F)(F)(F)F.F[P-](F)(F)(F)(F)F.O=C(OC(Cl)(Cl)Cl)OC(Cl)(Cl)Cl.O=C1OCCN1P(=O)(Cl)N1CCOC1=O.O=[N+]([O-])c1ncn([P+](N2CCCC2)(N2CCCC2)N2CCCC2)n1.[3H][B]C. The van der Waals surface area contributed by atoms with E-state index in [9.17, 15) is 89.5 Å². The molecule has 15 rings (SSSR count). The minimum Gasteiger partial charge on any atom is -0.447 e. The van der Waals surface area contributed by atoms with Crippen LogP contribution in [0.4, 0.5) is 76.6 Å². The molecule has 59 heteroatoms. The molecule has 9 heterocycles. The van der Waals surface area contributed by atoms with Crippen LogP contribution < -0.4 is 31.8 Å². The summed E-state index contributed by atoms with van der Waals surface area (Å²) in [6.45, 7) is 8.63. The first-order valence-corrected chi connectivity index (χ1v) is 58.3. The van der Waals surface area contributed by atoms with Crippen molar-refractivity contribution in [2.75, 3.05) is 106 Å². The maximum atomic E-state index is 12.1. The summed E-state index contributed by atoms with van der Waals surface area (Å²) in [7, 11) is -20.0. The number of rotatable bonds is 16. The summed E-state index contributed by atoms with van der Waals surface area (Å²) in [5.74, 6) is -0.603. The summed E-state index contributed by atoms with van der Waals surface area (Å²) in [5, 5.41) is 29.4. The van der Waals surface area contributed by atoms with Crippen molar-refractivity contribution in [2.45, 2.75) is 66.1 Å². The largest absolute Gasteiger partial charge is 0.515 e. The Morgan fingerprint density at radius 2 is 0.729 bits per heavy atom. The van der Waals surface area contributed by atoms with Gasteiger partial charge in [-0.2, -0.15) is 0 Å². The molecular formula is C70H86BCl11F12N16O12P7. The van der Waals surface area contributed by atoms with Gasteiger partial charge in [0, 0.05) is 75.4 Å². The van der Waals surface area contributed by atoms with Gasteiger partial charge in [0.1, 0.15) is 13.2 Å². The second-order valence-electron chi connectivity index (χ2n) is 28.0. The van der Waals surface area contributed by atoms with Gasteiger partial charge in [0.05, 0.1) is 44.2 Å². The van der Waals surface area contributed by atoms with Gasteiger partial charge < -0.3 is 39.2 Å². The number of halogens is 23. The maximum absolute atomic E-state index is 12.1. The van der Waals surface area contributed by atoms with Crippen LogP contribution in [0.25, 0.3) is 0 Å². The summed E-state index contributed by atoms with van der Waals surface area (Å²) >= 11 is 65.0. The number of ether oxygens (including phenoxy) is 4. The molecule has 0 N–H and O–H groups in total. The van der Waals surface area contributed by atoms with E-state index in [2.05, 4.69) is 81.2 Å². The fourth-order valence-corrected chi connectivity index (χ4v) is 35.6. The molecule has 0 bridgehead atoms. The molecule has 2 aromatic heterocycles. The average Bonchev–Trinajstić information content (AvgIpc) is 1.23. The molecule has 0 aliphatic carbocycles. The number of carbonyl (C=O) groups is 3. The van der Waals surface area contributed by atoms with E-state index in [-0.39, 0.29) is 38.2 Å². The Kier molecular flexibility index (Phi) is 36.7. The number of amides is 2. The van der Waals surface area contributed by atoms with Crippen LogP contribution >= 0.6 is 175 Å². The van der Waals surface area contributed by atoms with Crippen molar-refractivity contribution in [1.29, 1.82) is 1.34 Å². The van der Waals surface area contributed by atoms with E-state index < -0.39 is 84.9 Å². The number of hydrogen-bond acceptors (Lipinski definition) is 22. The zero-order valence-corrected chi connectivity index (χ0v) is 82.6. The van der Waals surface area contributed by atoms with E-state index in [1.54, 1.807) is 17.6 Å². The van der Waals surface area contributed by atoms with Gasteiger partial charge in [-0.1, -0.05) is 6.82 Å². The summed E-state index contributed by atoms with van der Waals surface area (Å²) in [6, 6.07) is 59.8. The first kappa shape index (κ1) is 110. The number of hydrogen-bond donors (Lipinski definition) is 0. The van der Waals surface area contributed by atoms with E-state index in [0.29, 0.717) is 0 Å². The van der Waals surface area contributed by atoms with Crippen LogP contribution in [0.15, 0.2) is 195 Å². The van der Waals surface area contributed by atoms with Gasteiger partial charge in [0.25, 0.3) is 12.7 Å². The van der Waals surface area contributed by atoms with Crippen molar-refractivity contribution in [3.05, 3.63) is 215 Å².